The zero-order valence-electron chi connectivity index (χ0n) is 11.0. The maximum atomic E-state index is 11.3. The Morgan fingerprint density at radius 1 is 1.17 bits per heavy atom. The summed E-state index contributed by atoms with van der Waals surface area (Å²) in [6.45, 7) is 6.57. The average molecular weight is 272 g/mol. The lowest BCUT2D eigenvalue weighted by molar-refractivity contribution is 0.597. The summed E-state index contributed by atoms with van der Waals surface area (Å²) in [6, 6.07) is 1.77. The van der Waals surface area contributed by atoms with Gasteiger partial charge in [0.2, 0.25) is 0 Å². The van der Waals surface area contributed by atoms with Crippen LogP contribution in [0.2, 0.25) is 0 Å². The number of nitrogens with zero attached hydrogens (tertiary/aromatic N) is 2. The van der Waals surface area contributed by atoms with Gasteiger partial charge in [-0.05, 0) is 13.8 Å². The molecule has 1 aromatic rings. The molecule has 0 bridgehead atoms. The standard InChI is InChI=1S/C11H20N4O2S/c1-4-12-10-8-11(15-9(3)14-10)13-6-7-18(16,17)5-2/h8H,4-7H2,1-3H3,(H2,12,13,14,15). The fraction of sp³-hybridized carbons (Fsp3) is 0.636. The first kappa shape index (κ1) is 14.7. The molecule has 0 radical (unpaired) electrons. The van der Waals surface area contributed by atoms with Crippen LogP contribution in [0.15, 0.2) is 6.07 Å². The SMILES string of the molecule is CCNc1cc(NCCS(=O)(=O)CC)nc(C)n1. The fourth-order valence-corrected chi connectivity index (χ4v) is 2.11. The number of hydrogen-bond donors (Lipinski definition) is 2. The van der Waals surface area contributed by atoms with Crippen LogP contribution in [0.5, 0.6) is 0 Å². The summed E-state index contributed by atoms with van der Waals surface area (Å²) < 4.78 is 22.7. The molecular formula is C11H20N4O2S. The summed E-state index contributed by atoms with van der Waals surface area (Å²) >= 11 is 0. The third-order valence-corrected chi connectivity index (χ3v) is 4.06. The van der Waals surface area contributed by atoms with Crippen LogP contribution in [-0.4, -0.2) is 43.0 Å². The highest BCUT2D eigenvalue weighted by Gasteiger charge is 2.07. The van der Waals surface area contributed by atoms with Gasteiger partial charge in [-0.2, -0.15) is 0 Å². The number of hydrogen-bond acceptors (Lipinski definition) is 6. The topological polar surface area (TPSA) is 84.0 Å². The van der Waals surface area contributed by atoms with E-state index in [1.165, 1.54) is 0 Å². The number of aromatic nitrogens is 2. The van der Waals surface area contributed by atoms with Crippen LogP contribution in [0.1, 0.15) is 19.7 Å². The minimum atomic E-state index is -2.94. The number of anilines is 2. The van der Waals surface area contributed by atoms with E-state index in [1.807, 2.05) is 6.92 Å². The Labute approximate surface area is 108 Å². The summed E-state index contributed by atoms with van der Waals surface area (Å²) in [5.41, 5.74) is 0. The molecule has 0 atom stereocenters. The molecule has 0 fully saturated rings. The quantitative estimate of drug-likeness (QED) is 0.772. The first-order chi connectivity index (χ1) is 8.46. The van der Waals surface area contributed by atoms with Gasteiger partial charge < -0.3 is 10.6 Å². The number of sulfone groups is 1. The maximum absolute atomic E-state index is 11.3. The van der Waals surface area contributed by atoms with Crippen molar-refractivity contribution in [2.75, 3.05) is 35.2 Å². The summed E-state index contributed by atoms with van der Waals surface area (Å²) in [5, 5.41) is 6.10. The lowest BCUT2D eigenvalue weighted by Gasteiger charge is -2.09. The van der Waals surface area contributed by atoms with E-state index in [1.54, 1.807) is 19.9 Å². The van der Waals surface area contributed by atoms with Crippen molar-refractivity contribution in [2.24, 2.45) is 0 Å². The van der Waals surface area contributed by atoms with Crippen LogP contribution in [0.4, 0.5) is 11.6 Å². The molecular weight excluding hydrogens is 252 g/mol. The molecule has 102 valence electrons. The second-order valence-electron chi connectivity index (χ2n) is 3.88. The van der Waals surface area contributed by atoms with Gasteiger partial charge in [-0.25, -0.2) is 18.4 Å². The van der Waals surface area contributed by atoms with E-state index in [0.29, 0.717) is 18.2 Å². The number of aryl methyl sites for hydroxylation is 1. The first-order valence-electron chi connectivity index (χ1n) is 6.00. The summed E-state index contributed by atoms with van der Waals surface area (Å²) in [6.07, 6.45) is 0. The molecule has 2 N–H and O–H groups in total. The Kier molecular flexibility index (Phi) is 5.33. The van der Waals surface area contributed by atoms with Gasteiger partial charge in [-0.15, -0.1) is 0 Å². The molecule has 1 aromatic heterocycles. The van der Waals surface area contributed by atoms with Crippen LogP contribution in [0.25, 0.3) is 0 Å². The van der Waals surface area contributed by atoms with Crippen LogP contribution >= 0.6 is 0 Å². The molecule has 0 saturated heterocycles. The molecule has 0 aliphatic rings. The monoisotopic (exact) mass is 272 g/mol. The third kappa shape index (κ3) is 4.87. The smallest absolute Gasteiger partial charge is 0.151 e. The molecule has 0 spiro atoms. The van der Waals surface area contributed by atoms with E-state index >= 15 is 0 Å². The molecule has 0 unspecified atom stereocenters. The zero-order valence-corrected chi connectivity index (χ0v) is 11.8. The van der Waals surface area contributed by atoms with Gasteiger partial charge in [-0.1, -0.05) is 6.92 Å². The van der Waals surface area contributed by atoms with E-state index in [2.05, 4.69) is 20.6 Å². The van der Waals surface area contributed by atoms with E-state index in [0.717, 1.165) is 12.4 Å². The molecule has 0 aromatic carbocycles. The van der Waals surface area contributed by atoms with Crippen LogP contribution in [0.3, 0.4) is 0 Å². The Bertz CT molecular complexity index is 488. The lowest BCUT2D eigenvalue weighted by Crippen LogP contribution is -2.18. The van der Waals surface area contributed by atoms with E-state index in [-0.39, 0.29) is 11.5 Å². The lowest BCUT2D eigenvalue weighted by atomic mass is 10.4. The molecule has 18 heavy (non-hydrogen) atoms. The van der Waals surface area contributed by atoms with Crippen molar-refractivity contribution in [3.05, 3.63) is 11.9 Å². The first-order valence-corrected chi connectivity index (χ1v) is 7.83. The van der Waals surface area contributed by atoms with Crippen molar-refractivity contribution in [1.29, 1.82) is 0 Å². The molecule has 0 aliphatic carbocycles. The second kappa shape index (κ2) is 6.53. The van der Waals surface area contributed by atoms with Crippen LogP contribution in [-0.2, 0) is 9.84 Å². The van der Waals surface area contributed by atoms with Crippen molar-refractivity contribution in [2.45, 2.75) is 20.8 Å². The molecule has 0 saturated carbocycles. The Hall–Kier alpha value is -1.37. The zero-order chi connectivity index (χ0) is 13.6. The van der Waals surface area contributed by atoms with Gasteiger partial charge in [0, 0.05) is 24.9 Å². The third-order valence-electron chi connectivity index (χ3n) is 2.35. The van der Waals surface area contributed by atoms with Crippen molar-refractivity contribution in [3.8, 4) is 0 Å². The van der Waals surface area contributed by atoms with Crippen LogP contribution < -0.4 is 10.6 Å². The largest absolute Gasteiger partial charge is 0.370 e. The molecule has 0 amide bonds. The molecule has 7 heteroatoms. The second-order valence-corrected chi connectivity index (χ2v) is 6.35. The highest BCUT2D eigenvalue weighted by Crippen LogP contribution is 2.10. The van der Waals surface area contributed by atoms with Crippen LogP contribution in [0, 0.1) is 6.92 Å². The fourth-order valence-electron chi connectivity index (χ4n) is 1.41. The maximum Gasteiger partial charge on any atom is 0.151 e. The Morgan fingerprint density at radius 3 is 2.33 bits per heavy atom. The van der Waals surface area contributed by atoms with Gasteiger partial charge in [0.05, 0.1) is 5.75 Å². The van der Waals surface area contributed by atoms with Gasteiger partial charge >= 0.3 is 0 Å². The predicted octanol–water partition coefficient (Wildman–Crippen LogP) is 1.06. The number of nitrogens with one attached hydrogen (secondary N) is 2. The molecule has 6 nitrogen and oxygen atoms in total. The predicted molar refractivity (Wildman–Crippen MR) is 73.8 cm³/mol. The van der Waals surface area contributed by atoms with Crippen molar-refractivity contribution >= 4 is 21.5 Å². The minimum absolute atomic E-state index is 0.114. The van der Waals surface area contributed by atoms with Gasteiger partial charge in [0.25, 0.3) is 0 Å². The molecule has 0 aliphatic heterocycles. The Balaban J connectivity index is 2.62. The normalized spacial score (nSPS) is 11.3. The summed E-state index contributed by atoms with van der Waals surface area (Å²) in [7, 11) is -2.94. The Morgan fingerprint density at radius 2 is 1.78 bits per heavy atom. The number of rotatable bonds is 7. The average Bonchev–Trinajstić information content (AvgIpc) is 2.28. The van der Waals surface area contributed by atoms with E-state index in [4.69, 9.17) is 0 Å². The van der Waals surface area contributed by atoms with Gasteiger partial charge in [-0.3, -0.25) is 0 Å². The van der Waals surface area contributed by atoms with E-state index in [9.17, 15) is 8.42 Å². The van der Waals surface area contributed by atoms with Crippen molar-refractivity contribution in [1.82, 2.24) is 9.97 Å². The van der Waals surface area contributed by atoms with Crippen molar-refractivity contribution in [3.63, 3.8) is 0 Å². The molecule has 1 heterocycles. The molecule has 1 rings (SSSR count). The van der Waals surface area contributed by atoms with E-state index < -0.39 is 9.84 Å². The highest BCUT2D eigenvalue weighted by molar-refractivity contribution is 7.91. The minimum Gasteiger partial charge on any atom is -0.370 e. The highest BCUT2D eigenvalue weighted by atomic mass is 32.2. The van der Waals surface area contributed by atoms with Gasteiger partial charge in [0.15, 0.2) is 9.84 Å². The summed E-state index contributed by atoms with van der Waals surface area (Å²) in [5.74, 6) is 2.31. The summed E-state index contributed by atoms with van der Waals surface area (Å²) in [4.78, 5) is 8.42. The van der Waals surface area contributed by atoms with Gasteiger partial charge in [0.1, 0.15) is 17.5 Å². The van der Waals surface area contributed by atoms with Crippen molar-refractivity contribution < 1.29 is 8.42 Å².